The normalized spacial score (nSPS) is 19.8. The molecule has 1 aromatic heterocycles. The Morgan fingerprint density at radius 3 is 2.95 bits per heavy atom. The van der Waals surface area contributed by atoms with E-state index in [1.165, 1.54) is 22.1 Å². The van der Waals surface area contributed by atoms with Crippen molar-refractivity contribution in [2.45, 2.75) is 49.8 Å². The number of ether oxygens (including phenoxy) is 2. The van der Waals surface area contributed by atoms with Gasteiger partial charge in [-0.05, 0) is 0 Å². The molecule has 1 unspecified atom stereocenters. The summed E-state index contributed by atoms with van der Waals surface area (Å²) in [6.45, 7) is 6.16. The maximum absolute atomic E-state index is 5.74. The van der Waals surface area contributed by atoms with Gasteiger partial charge in [-0.3, -0.25) is 0 Å². The molecule has 0 aromatic carbocycles. The Balaban J connectivity index is 1.70. The first kappa shape index (κ1) is 15.3. The molecule has 2 rings (SSSR count). The summed E-state index contributed by atoms with van der Waals surface area (Å²) >= 11 is -0.467. The second kappa shape index (κ2) is 8.22. The fourth-order valence-corrected chi connectivity index (χ4v) is 4.70. The molecule has 0 N–H and O–H groups in total. The van der Waals surface area contributed by atoms with Crippen molar-refractivity contribution >= 4 is 24.9 Å². The van der Waals surface area contributed by atoms with Crippen LogP contribution in [0.15, 0.2) is 18.3 Å². The van der Waals surface area contributed by atoms with Crippen LogP contribution < -0.4 is 3.71 Å². The summed E-state index contributed by atoms with van der Waals surface area (Å²) in [4.78, 5) is 4.57. The van der Waals surface area contributed by atoms with Crippen molar-refractivity contribution in [2.75, 3.05) is 13.2 Å². The van der Waals surface area contributed by atoms with Gasteiger partial charge in [0.2, 0.25) is 0 Å². The molecule has 2 heterocycles. The van der Waals surface area contributed by atoms with Crippen LogP contribution in [0.5, 0.6) is 0 Å². The van der Waals surface area contributed by atoms with E-state index in [4.69, 9.17) is 9.47 Å². The monoisotopic (exact) mass is 369 g/mol. The fourth-order valence-electron chi connectivity index (χ4n) is 2.10. The molecule has 1 fully saturated rings. The van der Waals surface area contributed by atoms with Gasteiger partial charge in [0.15, 0.2) is 0 Å². The molecule has 0 aliphatic carbocycles. The molecular formula is C15H23NO2Sn. The molecule has 19 heavy (non-hydrogen) atoms. The molecule has 1 aliphatic rings. The van der Waals surface area contributed by atoms with Gasteiger partial charge in [-0.2, -0.15) is 0 Å². The third-order valence-corrected chi connectivity index (χ3v) is 6.43. The van der Waals surface area contributed by atoms with Crippen LogP contribution in [-0.2, 0) is 15.9 Å². The molecule has 0 amide bonds. The predicted molar refractivity (Wildman–Crippen MR) is 78.0 cm³/mol. The zero-order chi connectivity index (χ0) is 13.5. The molecule has 0 bridgehead atoms. The Hall–Kier alpha value is -0.131. The van der Waals surface area contributed by atoms with E-state index in [9.17, 15) is 0 Å². The molecule has 2 radical (unpaired) electrons. The molecule has 0 saturated carbocycles. The molecule has 3 nitrogen and oxygen atoms in total. The van der Waals surface area contributed by atoms with Crippen molar-refractivity contribution in [1.82, 2.24) is 4.98 Å². The van der Waals surface area contributed by atoms with Crippen molar-refractivity contribution in [3.05, 3.63) is 23.9 Å². The molecule has 1 aliphatic heterocycles. The second-order valence-corrected chi connectivity index (χ2v) is 10.8. The third-order valence-electron chi connectivity index (χ3n) is 3.09. The van der Waals surface area contributed by atoms with E-state index in [0.717, 1.165) is 30.0 Å². The van der Waals surface area contributed by atoms with Crippen LogP contribution in [0.1, 0.15) is 38.7 Å². The van der Waals surface area contributed by atoms with Crippen molar-refractivity contribution < 1.29 is 9.47 Å². The van der Waals surface area contributed by atoms with Crippen molar-refractivity contribution in [3.8, 4) is 0 Å². The SMILES string of the molecule is C[CH](C)[Sn][c]1ccc(CCOC2CCCCO2)cn1. The predicted octanol–water partition coefficient (Wildman–Crippen LogP) is 2.33. The summed E-state index contributed by atoms with van der Waals surface area (Å²) in [7, 11) is 0. The molecule has 104 valence electrons. The van der Waals surface area contributed by atoms with Crippen LogP contribution in [0, 0.1) is 0 Å². The van der Waals surface area contributed by atoms with Crippen LogP contribution in [0.25, 0.3) is 0 Å². The van der Waals surface area contributed by atoms with Gasteiger partial charge >= 0.3 is 126 Å². The van der Waals surface area contributed by atoms with E-state index < -0.39 is 21.1 Å². The fraction of sp³-hybridized carbons (Fsp3) is 0.667. The van der Waals surface area contributed by atoms with Gasteiger partial charge in [0.1, 0.15) is 0 Å². The van der Waals surface area contributed by atoms with Crippen LogP contribution in [0.4, 0.5) is 0 Å². The average Bonchev–Trinajstić information content (AvgIpc) is 2.41. The van der Waals surface area contributed by atoms with Crippen molar-refractivity contribution in [2.24, 2.45) is 0 Å². The number of hydrogen-bond acceptors (Lipinski definition) is 3. The summed E-state index contributed by atoms with van der Waals surface area (Å²) in [6, 6.07) is 4.41. The van der Waals surface area contributed by atoms with Gasteiger partial charge in [0.05, 0.1) is 0 Å². The molecule has 1 aromatic rings. The van der Waals surface area contributed by atoms with Crippen LogP contribution in [0.2, 0.25) is 3.93 Å². The van der Waals surface area contributed by atoms with Crippen molar-refractivity contribution in [1.29, 1.82) is 0 Å². The molecule has 1 atom stereocenters. The van der Waals surface area contributed by atoms with Gasteiger partial charge in [0, 0.05) is 0 Å². The standard InChI is InChI=1S/C12H16NO2.C3H7.Sn/c1-2-8-14-12(5-1)15-9-6-11-4-3-7-13-10-11;1-3-2;/h3-4,10,12H,1-2,5-6,8-9H2;3H,1-2H3;. The van der Waals surface area contributed by atoms with E-state index in [0.29, 0.717) is 0 Å². The molecular weight excluding hydrogens is 345 g/mol. The van der Waals surface area contributed by atoms with Crippen LogP contribution in [0.3, 0.4) is 0 Å². The van der Waals surface area contributed by atoms with Crippen LogP contribution >= 0.6 is 0 Å². The number of aromatic nitrogens is 1. The Morgan fingerprint density at radius 2 is 2.32 bits per heavy atom. The number of nitrogens with zero attached hydrogens (tertiary/aromatic N) is 1. The average molecular weight is 368 g/mol. The zero-order valence-corrected chi connectivity index (χ0v) is 14.7. The third kappa shape index (κ3) is 5.79. The van der Waals surface area contributed by atoms with Crippen LogP contribution in [-0.4, -0.2) is 45.6 Å². The Morgan fingerprint density at radius 1 is 1.42 bits per heavy atom. The first-order chi connectivity index (χ1) is 9.24. The summed E-state index contributed by atoms with van der Waals surface area (Å²) in [6.07, 6.45) is 6.41. The van der Waals surface area contributed by atoms with Gasteiger partial charge < -0.3 is 0 Å². The second-order valence-electron chi connectivity index (χ2n) is 5.27. The molecule has 1 saturated heterocycles. The number of pyridine rings is 1. The minimum absolute atomic E-state index is 0.0241. The topological polar surface area (TPSA) is 31.4 Å². The van der Waals surface area contributed by atoms with E-state index in [1.807, 2.05) is 6.20 Å². The quantitative estimate of drug-likeness (QED) is 0.723. The van der Waals surface area contributed by atoms with Gasteiger partial charge in [-0.25, -0.2) is 0 Å². The number of hydrogen-bond donors (Lipinski definition) is 0. The summed E-state index contributed by atoms with van der Waals surface area (Å²) in [5.41, 5.74) is 1.27. The van der Waals surface area contributed by atoms with E-state index >= 15 is 0 Å². The first-order valence-corrected chi connectivity index (χ1v) is 10.3. The van der Waals surface area contributed by atoms with Gasteiger partial charge in [0.25, 0.3) is 0 Å². The summed E-state index contributed by atoms with van der Waals surface area (Å²) in [5.74, 6) is 0. The summed E-state index contributed by atoms with van der Waals surface area (Å²) in [5, 5.41) is 0. The molecule has 0 spiro atoms. The van der Waals surface area contributed by atoms with E-state index in [-0.39, 0.29) is 6.29 Å². The van der Waals surface area contributed by atoms with E-state index in [1.54, 1.807) is 0 Å². The first-order valence-electron chi connectivity index (χ1n) is 7.19. The Labute approximate surface area is 126 Å². The zero-order valence-electron chi connectivity index (χ0n) is 11.9. The van der Waals surface area contributed by atoms with Gasteiger partial charge in [-0.15, -0.1) is 0 Å². The van der Waals surface area contributed by atoms with Crippen molar-refractivity contribution in [3.63, 3.8) is 0 Å². The Kier molecular flexibility index (Phi) is 6.60. The Bertz CT molecular complexity index is 361. The maximum atomic E-state index is 5.74. The van der Waals surface area contributed by atoms with E-state index in [2.05, 4.69) is 31.0 Å². The summed E-state index contributed by atoms with van der Waals surface area (Å²) < 4.78 is 13.5. The minimum atomic E-state index is -0.467. The van der Waals surface area contributed by atoms with Gasteiger partial charge in [-0.1, -0.05) is 0 Å². The molecule has 4 heteroatoms. The number of rotatable bonds is 6.